The summed E-state index contributed by atoms with van der Waals surface area (Å²) in [5, 5.41) is 29.7. The molecule has 0 radical (unpaired) electrons. The van der Waals surface area contributed by atoms with Gasteiger partial charge in [-0.2, -0.15) is 0 Å². The van der Waals surface area contributed by atoms with E-state index < -0.39 is 25.0 Å². The molecule has 180 valence electrons. The molecule has 0 aromatic carbocycles. The highest BCUT2D eigenvalue weighted by Gasteiger charge is 2.29. The van der Waals surface area contributed by atoms with Crippen molar-refractivity contribution in [2.45, 2.75) is 70.8 Å². The molecule has 7 N–H and O–H groups in total. The summed E-state index contributed by atoms with van der Waals surface area (Å²) in [6.07, 6.45) is 4.27. The second kappa shape index (κ2) is 15.7. The maximum absolute atomic E-state index is 12.8. The lowest BCUT2D eigenvalue weighted by Gasteiger charge is -2.24. The first kappa shape index (κ1) is 27.9. The number of unbranched alkanes of at least 4 members (excludes halogenated alkanes) is 1. The fourth-order valence-electron chi connectivity index (χ4n) is 3.22. The summed E-state index contributed by atoms with van der Waals surface area (Å²) >= 11 is 1.71. The summed E-state index contributed by atoms with van der Waals surface area (Å²) in [5.41, 5.74) is 5.61. The molecule has 0 aliphatic carbocycles. The van der Waals surface area contributed by atoms with Gasteiger partial charge in [-0.25, -0.2) is 0 Å². The average molecular weight is 467 g/mol. The second-order valence-corrected chi connectivity index (χ2v) is 9.27. The molecule has 1 aromatic rings. The first-order chi connectivity index (χ1) is 15.2. The molecule has 0 saturated heterocycles. The van der Waals surface area contributed by atoms with E-state index >= 15 is 0 Å². The van der Waals surface area contributed by atoms with Crippen molar-refractivity contribution in [1.82, 2.24) is 16.0 Å². The normalized spacial score (nSPS) is 13.5. The zero-order valence-electron chi connectivity index (χ0n) is 19.3. The minimum atomic E-state index is -1.67. The van der Waals surface area contributed by atoms with E-state index in [4.69, 9.17) is 5.73 Å². The molecule has 2 atom stereocenters. The van der Waals surface area contributed by atoms with E-state index in [0.717, 1.165) is 19.3 Å². The van der Waals surface area contributed by atoms with Crippen LogP contribution in [0.1, 0.15) is 57.2 Å². The molecule has 0 aliphatic heterocycles. The molecule has 0 spiro atoms. The number of rotatable bonds is 15. The van der Waals surface area contributed by atoms with Gasteiger partial charge in [0.15, 0.2) is 5.96 Å². The molecular weight excluding hydrogens is 429 g/mol. The first-order valence-electron chi connectivity index (χ1n) is 11.2. The number of guanidine groups is 1. The van der Waals surface area contributed by atoms with Gasteiger partial charge in [0.05, 0.1) is 5.94 Å². The van der Waals surface area contributed by atoms with E-state index in [1.165, 1.54) is 4.88 Å². The second-order valence-electron chi connectivity index (χ2n) is 8.24. The Morgan fingerprint density at radius 2 is 1.97 bits per heavy atom. The van der Waals surface area contributed by atoms with Gasteiger partial charge in [-0.15, -0.1) is 11.3 Å². The largest absolute Gasteiger partial charge is 0.475 e. The number of aliphatic imine (C=N–C) groups is 1. The zero-order valence-corrected chi connectivity index (χ0v) is 20.2. The Hall–Kier alpha value is -2.11. The van der Waals surface area contributed by atoms with E-state index in [1.54, 1.807) is 18.4 Å². The predicted octanol–water partition coefficient (Wildman–Crippen LogP) is 0.803. The van der Waals surface area contributed by atoms with E-state index in [2.05, 4.69) is 27.0 Å². The minimum absolute atomic E-state index is 0.166. The van der Waals surface area contributed by atoms with Gasteiger partial charge in [0.1, 0.15) is 6.04 Å². The number of hydrogen-bond acceptors (Lipinski definition) is 6. The van der Waals surface area contributed by atoms with Gasteiger partial charge in [-0.3, -0.25) is 14.6 Å². The third-order valence-electron chi connectivity index (χ3n) is 4.94. The Morgan fingerprint density at radius 1 is 1.22 bits per heavy atom. The molecule has 9 nitrogen and oxygen atoms in total. The molecule has 0 aliphatic rings. The van der Waals surface area contributed by atoms with E-state index in [0.29, 0.717) is 38.2 Å². The van der Waals surface area contributed by atoms with Gasteiger partial charge >= 0.3 is 7.12 Å². The first-order valence-corrected chi connectivity index (χ1v) is 12.0. The highest BCUT2D eigenvalue weighted by atomic mass is 32.1. The maximum atomic E-state index is 12.8. The van der Waals surface area contributed by atoms with Crippen molar-refractivity contribution >= 4 is 36.2 Å². The summed E-state index contributed by atoms with van der Waals surface area (Å²) in [6, 6.07) is 3.33. The smallest absolute Gasteiger partial charge is 0.426 e. The highest BCUT2D eigenvalue weighted by Crippen LogP contribution is 2.13. The molecule has 0 fully saturated rings. The van der Waals surface area contributed by atoms with Gasteiger partial charge in [-0.1, -0.05) is 19.9 Å². The van der Waals surface area contributed by atoms with Crippen molar-refractivity contribution in [2.75, 3.05) is 13.6 Å². The predicted molar refractivity (Wildman–Crippen MR) is 130 cm³/mol. The molecule has 0 unspecified atom stereocenters. The van der Waals surface area contributed by atoms with Crippen molar-refractivity contribution in [2.24, 2.45) is 16.6 Å². The standard InChI is InChI=1S/C21H38BN5O4S/c1-15(2)14-18(22(30)31)27-20(29)17(10-6-12-25-21(23)24-3)26-19(28)11-5-4-8-16-9-7-13-32-16/h7,9,13,15,17-18,30-31H,4-6,8,10-12,14H2,1-3H3,(H,26,28)(H,27,29)(H3,23,24,25)/t17-,18-/m0/s1. The molecule has 11 heteroatoms. The van der Waals surface area contributed by atoms with Crippen LogP contribution in [0.3, 0.4) is 0 Å². The Bertz CT molecular complexity index is 700. The van der Waals surface area contributed by atoms with Crippen LogP contribution >= 0.6 is 11.3 Å². The van der Waals surface area contributed by atoms with E-state index in [-0.39, 0.29) is 11.8 Å². The summed E-state index contributed by atoms with van der Waals surface area (Å²) in [6.45, 7) is 4.37. The van der Waals surface area contributed by atoms with Crippen LogP contribution in [0.25, 0.3) is 0 Å². The van der Waals surface area contributed by atoms with Crippen LogP contribution in [0.15, 0.2) is 22.5 Å². The lowest BCUT2D eigenvalue weighted by atomic mass is 9.75. The van der Waals surface area contributed by atoms with Crippen LogP contribution in [0, 0.1) is 5.92 Å². The van der Waals surface area contributed by atoms with Crippen molar-refractivity contribution in [3.05, 3.63) is 22.4 Å². The molecule has 1 rings (SSSR count). The van der Waals surface area contributed by atoms with Crippen LogP contribution in [0.5, 0.6) is 0 Å². The number of amides is 2. The number of carbonyl (C=O) groups is 2. The Kier molecular flexibility index (Phi) is 13.7. The van der Waals surface area contributed by atoms with Gasteiger partial charge in [0.2, 0.25) is 11.8 Å². The van der Waals surface area contributed by atoms with Crippen molar-refractivity contribution in [1.29, 1.82) is 0 Å². The monoisotopic (exact) mass is 467 g/mol. The molecule has 1 heterocycles. The average Bonchev–Trinajstić information content (AvgIpc) is 3.25. The summed E-state index contributed by atoms with van der Waals surface area (Å²) in [4.78, 5) is 30.4. The number of nitrogens with two attached hydrogens (primary N) is 1. The number of nitrogens with zero attached hydrogens (tertiary/aromatic N) is 1. The number of carbonyl (C=O) groups excluding carboxylic acids is 2. The molecule has 0 bridgehead atoms. The maximum Gasteiger partial charge on any atom is 0.475 e. The van der Waals surface area contributed by atoms with Crippen LogP contribution in [0.4, 0.5) is 0 Å². The SMILES string of the molecule is CN=C(N)NCCC[C@H](NC(=O)CCCCc1cccs1)C(=O)N[C@@H](CC(C)C)B(O)O. The van der Waals surface area contributed by atoms with Crippen molar-refractivity contribution in [3.8, 4) is 0 Å². The summed E-state index contributed by atoms with van der Waals surface area (Å²) in [5.74, 6) is -0.939. The Morgan fingerprint density at radius 3 is 2.56 bits per heavy atom. The summed E-state index contributed by atoms with van der Waals surface area (Å²) < 4.78 is 0. The van der Waals surface area contributed by atoms with E-state index in [1.807, 2.05) is 25.3 Å². The fraction of sp³-hybridized carbons (Fsp3) is 0.667. The molecule has 0 saturated carbocycles. The van der Waals surface area contributed by atoms with Gasteiger partial charge in [0, 0.05) is 24.9 Å². The zero-order chi connectivity index (χ0) is 23.9. The van der Waals surface area contributed by atoms with Crippen LogP contribution < -0.4 is 21.7 Å². The van der Waals surface area contributed by atoms with Crippen LogP contribution in [-0.2, 0) is 16.0 Å². The van der Waals surface area contributed by atoms with E-state index in [9.17, 15) is 19.6 Å². The van der Waals surface area contributed by atoms with Gasteiger partial charge in [0.25, 0.3) is 0 Å². The molecule has 2 amide bonds. The topological polar surface area (TPSA) is 149 Å². The summed E-state index contributed by atoms with van der Waals surface area (Å²) in [7, 11) is -0.0936. The number of thiophene rings is 1. The van der Waals surface area contributed by atoms with Gasteiger partial charge < -0.3 is 31.7 Å². The van der Waals surface area contributed by atoms with Crippen molar-refractivity contribution < 1.29 is 19.6 Å². The quantitative estimate of drug-likeness (QED) is 0.0973. The van der Waals surface area contributed by atoms with Gasteiger partial charge in [-0.05, 0) is 55.9 Å². The number of aryl methyl sites for hydroxylation is 1. The van der Waals surface area contributed by atoms with Crippen LogP contribution in [0.2, 0.25) is 0 Å². The molecule has 1 aromatic heterocycles. The number of nitrogens with one attached hydrogen (secondary N) is 3. The minimum Gasteiger partial charge on any atom is -0.426 e. The molecule has 32 heavy (non-hydrogen) atoms. The third-order valence-corrected chi connectivity index (χ3v) is 5.87. The molecular formula is C21H38BN5O4S. The third kappa shape index (κ3) is 12.1. The van der Waals surface area contributed by atoms with Crippen molar-refractivity contribution in [3.63, 3.8) is 0 Å². The lowest BCUT2D eigenvalue weighted by Crippen LogP contribution is -2.54. The fourth-order valence-corrected chi connectivity index (χ4v) is 3.97. The lowest BCUT2D eigenvalue weighted by molar-refractivity contribution is -0.129. The Labute approximate surface area is 195 Å². The highest BCUT2D eigenvalue weighted by molar-refractivity contribution is 7.09. The Balaban J connectivity index is 2.60. The van der Waals surface area contributed by atoms with Crippen LogP contribution in [-0.4, -0.2) is 60.5 Å². The number of hydrogen-bond donors (Lipinski definition) is 6.